The van der Waals surface area contributed by atoms with E-state index in [0.717, 1.165) is 16.7 Å². The molecule has 0 radical (unpaired) electrons. The highest BCUT2D eigenvalue weighted by molar-refractivity contribution is 5.88. The molecule has 166 valence electrons. The summed E-state index contributed by atoms with van der Waals surface area (Å²) >= 11 is 0. The van der Waals surface area contributed by atoms with Gasteiger partial charge < -0.3 is 15.3 Å². The summed E-state index contributed by atoms with van der Waals surface area (Å²) in [5.74, 6) is -0.913. The Morgan fingerprint density at radius 2 is 1.44 bits per heavy atom. The second-order valence-electron chi connectivity index (χ2n) is 7.53. The molecule has 0 saturated carbocycles. The van der Waals surface area contributed by atoms with Crippen molar-refractivity contribution >= 4 is 11.8 Å². The van der Waals surface area contributed by atoms with Crippen LogP contribution in [-0.2, 0) is 29.0 Å². The highest BCUT2D eigenvalue weighted by atomic mass is 19.1. The highest BCUT2D eigenvalue weighted by Gasteiger charge is 2.30. The third-order valence-corrected chi connectivity index (χ3v) is 5.15. The lowest BCUT2D eigenvalue weighted by atomic mass is 10.0. The van der Waals surface area contributed by atoms with Gasteiger partial charge in [-0.3, -0.25) is 9.59 Å². The molecule has 3 aromatic carbocycles. The Morgan fingerprint density at radius 3 is 2.03 bits per heavy atom. The van der Waals surface area contributed by atoms with Crippen LogP contribution in [-0.4, -0.2) is 41.0 Å². The van der Waals surface area contributed by atoms with E-state index in [2.05, 4.69) is 5.32 Å². The molecule has 3 rings (SSSR count). The summed E-state index contributed by atoms with van der Waals surface area (Å²) in [6.45, 7) is 0.0666. The van der Waals surface area contributed by atoms with Crippen molar-refractivity contribution in [1.82, 2.24) is 10.2 Å². The number of hydrogen-bond donors (Lipinski definition) is 2. The van der Waals surface area contributed by atoms with Gasteiger partial charge in [0, 0.05) is 19.5 Å². The molecule has 0 aromatic heterocycles. The van der Waals surface area contributed by atoms with Gasteiger partial charge in [-0.15, -0.1) is 0 Å². The van der Waals surface area contributed by atoms with E-state index in [1.54, 1.807) is 17.0 Å². The number of rotatable bonds is 10. The summed E-state index contributed by atoms with van der Waals surface area (Å²) < 4.78 is 13.4. The zero-order valence-electron chi connectivity index (χ0n) is 17.8. The minimum absolute atomic E-state index is 0.0986. The summed E-state index contributed by atoms with van der Waals surface area (Å²) in [6, 6.07) is 23.9. The number of aliphatic hydroxyl groups excluding tert-OH is 1. The van der Waals surface area contributed by atoms with Crippen molar-refractivity contribution in [2.75, 3.05) is 13.2 Å². The van der Waals surface area contributed by atoms with Gasteiger partial charge in [0.2, 0.25) is 11.8 Å². The Morgan fingerprint density at radius 1 is 0.844 bits per heavy atom. The molecule has 0 heterocycles. The van der Waals surface area contributed by atoms with Gasteiger partial charge in [0.05, 0.1) is 13.0 Å². The maximum absolute atomic E-state index is 13.4. The fraction of sp³-hybridized carbons (Fsp3) is 0.231. The van der Waals surface area contributed by atoms with Gasteiger partial charge in [-0.1, -0.05) is 72.8 Å². The largest absolute Gasteiger partial charge is 0.395 e. The van der Waals surface area contributed by atoms with Crippen LogP contribution in [0.3, 0.4) is 0 Å². The van der Waals surface area contributed by atoms with E-state index in [9.17, 15) is 14.0 Å². The van der Waals surface area contributed by atoms with Gasteiger partial charge >= 0.3 is 0 Å². The number of halogens is 1. The van der Waals surface area contributed by atoms with E-state index in [4.69, 9.17) is 5.11 Å². The molecule has 5 nitrogen and oxygen atoms in total. The van der Waals surface area contributed by atoms with Crippen molar-refractivity contribution in [2.45, 2.75) is 25.4 Å². The molecule has 0 aliphatic carbocycles. The van der Waals surface area contributed by atoms with Crippen LogP contribution in [0, 0.1) is 5.82 Å². The number of carbonyl (C=O) groups is 2. The molecule has 2 N–H and O–H groups in total. The minimum atomic E-state index is -0.787. The second-order valence-corrected chi connectivity index (χ2v) is 7.53. The molecule has 0 aliphatic rings. The average molecular weight is 435 g/mol. The van der Waals surface area contributed by atoms with Crippen molar-refractivity contribution in [3.8, 4) is 0 Å². The minimum Gasteiger partial charge on any atom is -0.395 e. The lowest BCUT2D eigenvalue weighted by Gasteiger charge is -2.31. The molecule has 0 fully saturated rings. The van der Waals surface area contributed by atoms with Gasteiger partial charge in [0.1, 0.15) is 11.9 Å². The van der Waals surface area contributed by atoms with Crippen molar-refractivity contribution in [2.24, 2.45) is 0 Å². The summed E-state index contributed by atoms with van der Waals surface area (Å²) in [7, 11) is 0. The van der Waals surface area contributed by atoms with Crippen LogP contribution in [0.1, 0.15) is 16.7 Å². The fourth-order valence-electron chi connectivity index (χ4n) is 3.51. The first kappa shape index (κ1) is 23.2. The smallest absolute Gasteiger partial charge is 0.243 e. The number of nitrogens with zero attached hydrogens (tertiary/aromatic N) is 1. The Kier molecular flexibility index (Phi) is 8.52. The molecule has 3 aromatic rings. The van der Waals surface area contributed by atoms with Crippen LogP contribution >= 0.6 is 0 Å². The van der Waals surface area contributed by atoms with Crippen molar-refractivity contribution in [3.63, 3.8) is 0 Å². The van der Waals surface area contributed by atoms with E-state index in [1.807, 2.05) is 60.7 Å². The first-order valence-electron chi connectivity index (χ1n) is 10.6. The van der Waals surface area contributed by atoms with Gasteiger partial charge in [-0.25, -0.2) is 4.39 Å². The van der Waals surface area contributed by atoms with Gasteiger partial charge in [-0.05, 0) is 28.8 Å². The molecular formula is C26H27FN2O3. The number of aliphatic hydroxyl groups is 1. The number of hydrogen-bond acceptors (Lipinski definition) is 3. The molecule has 0 bridgehead atoms. The van der Waals surface area contributed by atoms with E-state index < -0.39 is 6.04 Å². The molecule has 2 amide bonds. The van der Waals surface area contributed by atoms with E-state index in [0.29, 0.717) is 6.42 Å². The van der Waals surface area contributed by atoms with Crippen LogP contribution in [0.5, 0.6) is 0 Å². The average Bonchev–Trinajstić information content (AvgIpc) is 2.82. The summed E-state index contributed by atoms with van der Waals surface area (Å²) in [6.07, 6.45) is 0.459. The summed E-state index contributed by atoms with van der Waals surface area (Å²) in [5, 5.41) is 11.9. The van der Waals surface area contributed by atoms with E-state index in [-0.39, 0.29) is 43.7 Å². The zero-order chi connectivity index (χ0) is 22.8. The van der Waals surface area contributed by atoms with Crippen molar-refractivity contribution in [1.29, 1.82) is 0 Å². The number of nitrogens with one attached hydrogen (secondary N) is 1. The van der Waals surface area contributed by atoms with Crippen molar-refractivity contribution < 1.29 is 19.1 Å². The first-order chi connectivity index (χ1) is 15.6. The predicted octanol–water partition coefficient (Wildman–Crippen LogP) is 3.12. The lowest BCUT2D eigenvalue weighted by Crippen LogP contribution is -2.51. The lowest BCUT2D eigenvalue weighted by molar-refractivity contribution is -0.140. The van der Waals surface area contributed by atoms with Gasteiger partial charge in [0.15, 0.2) is 0 Å². The number of benzene rings is 3. The Labute approximate surface area is 187 Å². The number of carbonyl (C=O) groups excluding carboxylic acids is 2. The Balaban J connectivity index is 1.93. The van der Waals surface area contributed by atoms with Crippen LogP contribution in [0.25, 0.3) is 0 Å². The van der Waals surface area contributed by atoms with Crippen molar-refractivity contribution in [3.05, 3.63) is 107 Å². The monoisotopic (exact) mass is 434 g/mol. The second kappa shape index (κ2) is 11.8. The molecule has 1 atom stereocenters. The van der Waals surface area contributed by atoms with Crippen LogP contribution in [0.2, 0.25) is 0 Å². The summed E-state index contributed by atoms with van der Waals surface area (Å²) in [4.78, 5) is 28.0. The molecular weight excluding hydrogens is 407 g/mol. The third kappa shape index (κ3) is 6.75. The molecule has 0 spiro atoms. The SMILES string of the molecule is O=C(NCCO)[C@H](Cc1ccccc1)N(Cc1ccc(F)cc1)C(=O)Cc1ccccc1. The Bertz CT molecular complexity index is 995. The molecule has 0 unspecified atom stereocenters. The first-order valence-corrected chi connectivity index (χ1v) is 10.6. The van der Waals surface area contributed by atoms with E-state index in [1.165, 1.54) is 12.1 Å². The van der Waals surface area contributed by atoms with Crippen LogP contribution in [0.4, 0.5) is 4.39 Å². The predicted molar refractivity (Wildman–Crippen MR) is 121 cm³/mol. The number of amides is 2. The maximum atomic E-state index is 13.4. The fourth-order valence-corrected chi connectivity index (χ4v) is 3.51. The third-order valence-electron chi connectivity index (χ3n) is 5.15. The highest BCUT2D eigenvalue weighted by Crippen LogP contribution is 2.17. The zero-order valence-corrected chi connectivity index (χ0v) is 17.8. The molecule has 32 heavy (non-hydrogen) atoms. The van der Waals surface area contributed by atoms with E-state index >= 15 is 0 Å². The Hall–Kier alpha value is -3.51. The van der Waals surface area contributed by atoms with Gasteiger partial charge in [0.25, 0.3) is 0 Å². The van der Waals surface area contributed by atoms with Crippen LogP contribution < -0.4 is 5.32 Å². The maximum Gasteiger partial charge on any atom is 0.243 e. The topological polar surface area (TPSA) is 69.6 Å². The quantitative estimate of drug-likeness (QED) is 0.515. The molecule has 0 aliphatic heterocycles. The standard InChI is InChI=1S/C26H27FN2O3/c27-23-13-11-22(12-14-23)19-29(25(31)18-21-9-5-2-6-10-21)24(26(32)28-15-16-30)17-20-7-3-1-4-8-20/h1-14,24,30H,15-19H2,(H,28,32)/t24-/m0/s1. The van der Waals surface area contributed by atoms with Crippen LogP contribution in [0.15, 0.2) is 84.9 Å². The molecule has 0 saturated heterocycles. The van der Waals surface area contributed by atoms with Gasteiger partial charge in [-0.2, -0.15) is 0 Å². The normalized spacial score (nSPS) is 11.6. The molecule has 6 heteroatoms. The summed E-state index contributed by atoms with van der Waals surface area (Å²) in [5.41, 5.74) is 2.48.